The molecule has 0 fully saturated rings. The van der Waals surface area contributed by atoms with E-state index >= 15 is 0 Å². The van der Waals surface area contributed by atoms with Gasteiger partial charge in [0, 0.05) is 19.2 Å². The summed E-state index contributed by atoms with van der Waals surface area (Å²) in [4.78, 5) is 8.77. The molecule has 0 saturated carbocycles. The fourth-order valence-electron chi connectivity index (χ4n) is 1.60. The predicted octanol–water partition coefficient (Wildman–Crippen LogP) is 2.25. The van der Waals surface area contributed by atoms with Crippen LogP contribution in [0.4, 0.5) is 11.6 Å². The van der Waals surface area contributed by atoms with Crippen molar-refractivity contribution in [3.05, 3.63) is 11.9 Å². The van der Waals surface area contributed by atoms with Crippen LogP contribution < -0.4 is 16.4 Å². The van der Waals surface area contributed by atoms with E-state index in [9.17, 15) is 0 Å². The van der Waals surface area contributed by atoms with Gasteiger partial charge in [-0.15, -0.1) is 0 Å². The van der Waals surface area contributed by atoms with Crippen molar-refractivity contribution in [3.8, 4) is 0 Å². The van der Waals surface area contributed by atoms with Gasteiger partial charge in [0.25, 0.3) is 0 Å². The maximum absolute atomic E-state index is 5.60. The number of anilines is 2. The second-order valence-corrected chi connectivity index (χ2v) is 5.52. The number of aryl methyl sites for hydroxylation is 1. The normalized spacial score (nSPS) is 12.5. The summed E-state index contributed by atoms with van der Waals surface area (Å²) in [6.45, 7) is 10.9. The van der Waals surface area contributed by atoms with E-state index in [-0.39, 0.29) is 0 Å². The van der Waals surface area contributed by atoms with Crippen molar-refractivity contribution in [1.29, 1.82) is 0 Å². The van der Waals surface area contributed by atoms with Gasteiger partial charge in [-0.3, -0.25) is 0 Å². The first kappa shape index (κ1) is 15.7. The lowest BCUT2D eigenvalue weighted by molar-refractivity contribution is 0.606. The van der Waals surface area contributed by atoms with E-state index < -0.39 is 0 Å². The van der Waals surface area contributed by atoms with E-state index in [4.69, 9.17) is 5.73 Å². The average molecular weight is 265 g/mol. The molecule has 0 amide bonds. The number of hydrogen-bond acceptors (Lipinski definition) is 5. The maximum atomic E-state index is 5.60. The standard InChI is InChI=1S/C14H27N5/c1-10(2)5-6-16-13-7-14(19-12(4)18-13)17-9-11(3)8-15/h7,10-11H,5-6,8-9,15H2,1-4H3,(H2,16,17,18,19). The second kappa shape index (κ2) is 7.94. The Balaban J connectivity index is 2.55. The summed E-state index contributed by atoms with van der Waals surface area (Å²) < 4.78 is 0. The molecule has 1 aromatic rings. The summed E-state index contributed by atoms with van der Waals surface area (Å²) in [6.07, 6.45) is 1.13. The molecular weight excluding hydrogens is 238 g/mol. The van der Waals surface area contributed by atoms with Gasteiger partial charge < -0.3 is 16.4 Å². The minimum absolute atomic E-state index is 0.438. The Morgan fingerprint density at radius 1 is 1.16 bits per heavy atom. The number of hydrogen-bond donors (Lipinski definition) is 3. The van der Waals surface area contributed by atoms with Crippen LogP contribution in [-0.4, -0.2) is 29.6 Å². The molecule has 0 radical (unpaired) electrons. The van der Waals surface area contributed by atoms with Crippen LogP contribution in [0.3, 0.4) is 0 Å². The number of nitrogens with one attached hydrogen (secondary N) is 2. The quantitative estimate of drug-likeness (QED) is 0.672. The first-order valence-electron chi connectivity index (χ1n) is 7.04. The molecule has 4 N–H and O–H groups in total. The summed E-state index contributed by atoms with van der Waals surface area (Å²) >= 11 is 0. The smallest absolute Gasteiger partial charge is 0.131 e. The zero-order valence-electron chi connectivity index (χ0n) is 12.5. The van der Waals surface area contributed by atoms with E-state index in [1.165, 1.54) is 0 Å². The van der Waals surface area contributed by atoms with Crippen molar-refractivity contribution in [3.63, 3.8) is 0 Å². The summed E-state index contributed by atoms with van der Waals surface area (Å²) in [5.74, 6) is 3.65. The Kier molecular flexibility index (Phi) is 6.56. The highest BCUT2D eigenvalue weighted by Gasteiger charge is 2.04. The fourth-order valence-corrected chi connectivity index (χ4v) is 1.60. The molecule has 1 aromatic heterocycles. The lowest BCUT2D eigenvalue weighted by Gasteiger charge is -2.13. The van der Waals surface area contributed by atoms with Gasteiger partial charge >= 0.3 is 0 Å². The van der Waals surface area contributed by atoms with Crippen molar-refractivity contribution >= 4 is 11.6 Å². The van der Waals surface area contributed by atoms with Crippen molar-refractivity contribution in [2.45, 2.75) is 34.1 Å². The van der Waals surface area contributed by atoms with Crippen LogP contribution in [0.2, 0.25) is 0 Å². The predicted molar refractivity (Wildman–Crippen MR) is 81.4 cm³/mol. The summed E-state index contributed by atoms with van der Waals surface area (Å²) in [5, 5.41) is 6.65. The molecule has 0 bridgehead atoms. The van der Waals surface area contributed by atoms with Crippen LogP contribution in [0.1, 0.15) is 33.0 Å². The van der Waals surface area contributed by atoms with Crippen LogP contribution in [0.5, 0.6) is 0 Å². The summed E-state index contributed by atoms with van der Waals surface area (Å²) in [5.41, 5.74) is 5.60. The Morgan fingerprint density at radius 3 is 2.37 bits per heavy atom. The van der Waals surface area contributed by atoms with Gasteiger partial charge in [0.2, 0.25) is 0 Å². The van der Waals surface area contributed by atoms with Gasteiger partial charge in [-0.05, 0) is 31.7 Å². The lowest BCUT2D eigenvalue weighted by atomic mass is 10.1. The van der Waals surface area contributed by atoms with Gasteiger partial charge in [-0.2, -0.15) is 0 Å². The number of nitrogens with two attached hydrogens (primary N) is 1. The highest BCUT2D eigenvalue weighted by molar-refractivity contribution is 5.47. The molecule has 0 saturated heterocycles. The van der Waals surface area contributed by atoms with E-state index in [1.54, 1.807) is 0 Å². The van der Waals surface area contributed by atoms with E-state index in [0.29, 0.717) is 18.4 Å². The van der Waals surface area contributed by atoms with Crippen LogP contribution in [0.25, 0.3) is 0 Å². The third kappa shape index (κ3) is 6.38. The Bertz CT molecular complexity index is 378. The largest absolute Gasteiger partial charge is 0.370 e. The van der Waals surface area contributed by atoms with Gasteiger partial charge in [-0.25, -0.2) is 9.97 Å². The fraction of sp³-hybridized carbons (Fsp3) is 0.714. The van der Waals surface area contributed by atoms with E-state index in [0.717, 1.165) is 37.0 Å². The molecule has 5 heteroatoms. The van der Waals surface area contributed by atoms with Gasteiger partial charge in [0.15, 0.2) is 0 Å². The maximum Gasteiger partial charge on any atom is 0.131 e. The Hall–Kier alpha value is -1.36. The van der Waals surface area contributed by atoms with E-state index in [2.05, 4.69) is 41.4 Å². The lowest BCUT2D eigenvalue weighted by Crippen LogP contribution is -2.20. The third-order valence-electron chi connectivity index (χ3n) is 2.90. The topological polar surface area (TPSA) is 75.9 Å². The molecule has 1 heterocycles. The number of rotatable bonds is 8. The molecular formula is C14H27N5. The number of nitrogens with zero attached hydrogens (tertiary/aromatic N) is 2. The Morgan fingerprint density at radius 2 is 1.79 bits per heavy atom. The van der Waals surface area contributed by atoms with Crippen LogP contribution in [0, 0.1) is 18.8 Å². The highest BCUT2D eigenvalue weighted by atomic mass is 15.1. The molecule has 19 heavy (non-hydrogen) atoms. The molecule has 0 aliphatic rings. The second-order valence-electron chi connectivity index (χ2n) is 5.52. The molecule has 0 aliphatic heterocycles. The SMILES string of the molecule is Cc1nc(NCCC(C)C)cc(NCC(C)CN)n1. The highest BCUT2D eigenvalue weighted by Crippen LogP contribution is 2.12. The summed E-state index contributed by atoms with van der Waals surface area (Å²) in [6, 6.07) is 1.95. The van der Waals surface area contributed by atoms with Crippen molar-refractivity contribution in [2.24, 2.45) is 17.6 Å². The Labute approximate surface area is 116 Å². The van der Waals surface area contributed by atoms with Crippen LogP contribution >= 0.6 is 0 Å². The molecule has 0 aliphatic carbocycles. The number of aromatic nitrogens is 2. The molecule has 108 valence electrons. The summed E-state index contributed by atoms with van der Waals surface area (Å²) in [7, 11) is 0. The van der Waals surface area contributed by atoms with Gasteiger partial charge in [-0.1, -0.05) is 20.8 Å². The average Bonchev–Trinajstić information content (AvgIpc) is 2.35. The van der Waals surface area contributed by atoms with Crippen molar-refractivity contribution in [1.82, 2.24) is 9.97 Å². The monoisotopic (exact) mass is 265 g/mol. The zero-order chi connectivity index (χ0) is 14.3. The van der Waals surface area contributed by atoms with Crippen LogP contribution in [-0.2, 0) is 0 Å². The minimum Gasteiger partial charge on any atom is -0.370 e. The van der Waals surface area contributed by atoms with Gasteiger partial charge in [0.05, 0.1) is 0 Å². The molecule has 1 unspecified atom stereocenters. The van der Waals surface area contributed by atoms with E-state index in [1.807, 2.05) is 13.0 Å². The van der Waals surface area contributed by atoms with Gasteiger partial charge in [0.1, 0.15) is 17.5 Å². The van der Waals surface area contributed by atoms with Crippen LogP contribution in [0.15, 0.2) is 6.07 Å². The molecule has 1 atom stereocenters. The molecule has 5 nitrogen and oxygen atoms in total. The van der Waals surface area contributed by atoms with Crippen molar-refractivity contribution < 1.29 is 0 Å². The first-order chi connectivity index (χ1) is 9.01. The van der Waals surface area contributed by atoms with Crippen molar-refractivity contribution in [2.75, 3.05) is 30.3 Å². The molecule has 0 spiro atoms. The minimum atomic E-state index is 0.438. The first-order valence-corrected chi connectivity index (χ1v) is 7.04. The molecule has 1 rings (SSSR count). The molecule has 0 aromatic carbocycles. The zero-order valence-corrected chi connectivity index (χ0v) is 12.5. The third-order valence-corrected chi connectivity index (χ3v) is 2.90.